The monoisotopic (exact) mass is 565 g/mol. The van der Waals surface area contributed by atoms with Crippen LogP contribution in [0, 0.1) is 0 Å². The topological polar surface area (TPSA) is 114 Å². The number of hydroxylamine groups is 1. The van der Waals surface area contributed by atoms with Crippen molar-refractivity contribution < 1.29 is 27.6 Å². The van der Waals surface area contributed by atoms with Crippen LogP contribution in [0.3, 0.4) is 0 Å². The number of nitrogens with one attached hydrogen (secondary N) is 2. The molecule has 0 radical (unpaired) electrons. The zero-order chi connectivity index (χ0) is 24.3. The van der Waals surface area contributed by atoms with Crippen LogP contribution >= 0.6 is 27.3 Å². The van der Waals surface area contributed by atoms with Crippen LogP contribution in [0.1, 0.15) is 57.8 Å². The Hall–Kier alpha value is -1.21. The molecule has 3 rings (SSSR count). The summed E-state index contributed by atoms with van der Waals surface area (Å²) >= 11 is 4.69. The van der Waals surface area contributed by atoms with Gasteiger partial charge in [0.15, 0.2) is 16.1 Å². The molecule has 3 heterocycles. The van der Waals surface area contributed by atoms with Gasteiger partial charge in [0.25, 0.3) is 0 Å². The standard InChI is InChI=1S/C21H32BrN3O6S2/c1-20(2,3)23-19(27)25-10-9-21(33(28,29)13-11-25,15-7-8-16(22)32-15)14-17(26)24-31-18-6-4-5-12-30-18/h7-8,18H,4-6,9-14H2,1-3H3,(H,23,27)(H,24,26)/t18?,21-/m0/s1. The average molecular weight is 567 g/mol. The van der Waals surface area contributed by atoms with Gasteiger partial charge in [0.1, 0.15) is 4.75 Å². The van der Waals surface area contributed by atoms with E-state index in [0.717, 1.165) is 16.6 Å². The van der Waals surface area contributed by atoms with E-state index in [-0.39, 0.29) is 37.7 Å². The van der Waals surface area contributed by atoms with Crippen LogP contribution < -0.4 is 10.8 Å². The van der Waals surface area contributed by atoms with Crippen molar-refractivity contribution in [3.8, 4) is 0 Å². The first-order valence-electron chi connectivity index (χ1n) is 11.0. The number of thiophene rings is 1. The van der Waals surface area contributed by atoms with Gasteiger partial charge in [-0.15, -0.1) is 11.3 Å². The lowest BCUT2D eigenvalue weighted by atomic mass is 9.97. The molecule has 0 aliphatic carbocycles. The van der Waals surface area contributed by atoms with E-state index in [0.29, 0.717) is 17.9 Å². The first-order chi connectivity index (χ1) is 15.4. The SMILES string of the molecule is CC(C)(C)NC(=O)N1CC[C@](CC(=O)NOC2CCCCO2)(c2ccc(Br)s2)S(=O)(=O)CC1. The van der Waals surface area contributed by atoms with Crippen LogP contribution in [0.5, 0.6) is 0 Å². The zero-order valence-corrected chi connectivity index (χ0v) is 22.4. The number of hydrogen-bond donors (Lipinski definition) is 2. The van der Waals surface area contributed by atoms with Gasteiger partial charge < -0.3 is 15.0 Å². The van der Waals surface area contributed by atoms with Crippen molar-refractivity contribution in [2.45, 2.75) is 69.5 Å². The van der Waals surface area contributed by atoms with Gasteiger partial charge in [0, 0.05) is 36.5 Å². The Morgan fingerprint density at radius 2 is 2.06 bits per heavy atom. The highest BCUT2D eigenvalue weighted by Crippen LogP contribution is 2.44. The van der Waals surface area contributed by atoms with E-state index in [1.54, 1.807) is 12.1 Å². The number of sulfone groups is 1. The minimum absolute atomic E-state index is 0.0621. The molecule has 1 aromatic rings. The maximum Gasteiger partial charge on any atom is 0.317 e. The summed E-state index contributed by atoms with van der Waals surface area (Å²) in [5, 5.41) is 2.89. The highest BCUT2D eigenvalue weighted by molar-refractivity contribution is 9.11. The second-order valence-electron chi connectivity index (χ2n) is 9.45. The second-order valence-corrected chi connectivity index (χ2v) is 14.3. The Morgan fingerprint density at radius 1 is 1.30 bits per heavy atom. The fraction of sp³-hybridized carbons (Fsp3) is 0.714. The molecular formula is C21H32BrN3O6S2. The number of carbonyl (C=O) groups excluding carboxylic acids is 2. The van der Waals surface area contributed by atoms with E-state index < -0.39 is 32.3 Å². The van der Waals surface area contributed by atoms with Gasteiger partial charge in [-0.25, -0.2) is 23.5 Å². The number of halogens is 1. The molecule has 9 nitrogen and oxygen atoms in total. The fourth-order valence-corrected chi connectivity index (χ4v) is 7.95. The molecule has 0 spiro atoms. The third-order valence-electron chi connectivity index (χ3n) is 5.69. The van der Waals surface area contributed by atoms with Gasteiger partial charge in [0.05, 0.1) is 16.0 Å². The van der Waals surface area contributed by atoms with E-state index in [1.165, 1.54) is 16.2 Å². The molecule has 0 aromatic carbocycles. The summed E-state index contributed by atoms with van der Waals surface area (Å²) in [6, 6.07) is 3.19. The van der Waals surface area contributed by atoms with Gasteiger partial charge in [-0.05, 0) is 68.1 Å². The second kappa shape index (κ2) is 10.6. The van der Waals surface area contributed by atoms with Crippen molar-refractivity contribution in [1.82, 2.24) is 15.7 Å². The highest BCUT2D eigenvalue weighted by atomic mass is 79.9. The first kappa shape index (κ1) is 26.4. The molecule has 2 N–H and O–H groups in total. The fourth-order valence-electron chi connectivity index (χ4n) is 3.96. The Balaban J connectivity index is 1.82. The number of nitrogens with zero attached hydrogens (tertiary/aromatic N) is 1. The van der Waals surface area contributed by atoms with Crippen molar-refractivity contribution in [3.63, 3.8) is 0 Å². The Labute approximate surface area is 207 Å². The molecule has 186 valence electrons. The molecule has 1 aromatic heterocycles. The van der Waals surface area contributed by atoms with E-state index >= 15 is 0 Å². The zero-order valence-electron chi connectivity index (χ0n) is 19.2. The summed E-state index contributed by atoms with van der Waals surface area (Å²) in [6.45, 7) is 6.44. The van der Waals surface area contributed by atoms with Gasteiger partial charge in [0.2, 0.25) is 5.91 Å². The van der Waals surface area contributed by atoms with Crippen LogP contribution in [0.25, 0.3) is 0 Å². The smallest absolute Gasteiger partial charge is 0.317 e. The lowest BCUT2D eigenvalue weighted by Crippen LogP contribution is -2.49. The minimum atomic E-state index is -3.79. The summed E-state index contributed by atoms with van der Waals surface area (Å²) in [6.07, 6.45) is 1.82. The maximum atomic E-state index is 13.6. The van der Waals surface area contributed by atoms with Crippen LogP contribution in [-0.2, 0) is 29.0 Å². The minimum Gasteiger partial charge on any atom is -0.350 e. The molecule has 2 saturated heterocycles. The van der Waals surface area contributed by atoms with Crippen molar-refractivity contribution in [2.24, 2.45) is 0 Å². The van der Waals surface area contributed by atoms with Crippen LogP contribution in [0.4, 0.5) is 4.79 Å². The Bertz CT molecular complexity index is 955. The Kier molecular flexibility index (Phi) is 8.47. The van der Waals surface area contributed by atoms with Gasteiger partial charge in [-0.1, -0.05) is 0 Å². The van der Waals surface area contributed by atoms with E-state index in [2.05, 4.69) is 26.7 Å². The molecule has 2 aliphatic heterocycles. The van der Waals surface area contributed by atoms with Crippen LogP contribution in [0.2, 0.25) is 0 Å². The van der Waals surface area contributed by atoms with Crippen molar-refractivity contribution in [3.05, 3.63) is 20.8 Å². The number of urea groups is 1. The normalized spacial score (nSPS) is 25.8. The maximum absolute atomic E-state index is 13.6. The summed E-state index contributed by atoms with van der Waals surface area (Å²) in [7, 11) is -3.79. The van der Waals surface area contributed by atoms with E-state index in [1.807, 2.05) is 20.8 Å². The van der Waals surface area contributed by atoms with Gasteiger partial charge in [-0.3, -0.25) is 4.79 Å². The van der Waals surface area contributed by atoms with E-state index in [9.17, 15) is 18.0 Å². The number of hydrogen-bond acceptors (Lipinski definition) is 7. The molecule has 33 heavy (non-hydrogen) atoms. The van der Waals surface area contributed by atoms with Crippen LogP contribution in [0.15, 0.2) is 15.9 Å². The molecule has 0 saturated carbocycles. The van der Waals surface area contributed by atoms with Crippen LogP contribution in [-0.4, -0.2) is 62.5 Å². The molecule has 1 unspecified atom stereocenters. The lowest BCUT2D eigenvalue weighted by Gasteiger charge is -2.31. The molecule has 2 atom stereocenters. The first-order valence-corrected chi connectivity index (χ1v) is 14.3. The van der Waals surface area contributed by atoms with Gasteiger partial charge in [-0.2, -0.15) is 0 Å². The summed E-state index contributed by atoms with van der Waals surface area (Å²) in [5.74, 6) is -0.773. The number of amides is 3. The third-order valence-corrected chi connectivity index (χ3v) is 10.1. The molecule has 2 aliphatic rings. The third kappa shape index (κ3) is 6.68. The largest absolute Gasteiger partial charge is 0.350 e. The van der Waals surface area contributed by atoms with E-state index in [4.69, 9.17) is 9.57 Å². The molecule has 2 fully saturated rings. The lowest BCUT2D eigenvalue weighted by molar-refractivity contribution is -0.200. The predicted molar refractivity (Wildman–Crippen MR) is 129 cm³/mol. The van der Waals surface area contributed by atoms with Crippen molar-refractivity contribution >= 4 is 49.0 Å². The molecule has 12 heteroatoms. The Morgan fingerprint density at radius 3 is 2.67 bits per heavy atom. The summed E-state index contributed by atoms with van der Waals surface area (Å²) in [4.78, 5) is 33.1. The molecular weight excluding hydrogens is 534 g/mol. The molecule has 3 amide bonds. The number of rotatable bonds is 5. The highest BCUT2D eigenvalue weighted by Gasteiger charge is 2.50. The van der Waals surface area contributed by atoms with Gasteiger partial charge >= 0.3 is 6.03 Å². The predicted octanol–water partition coefficient (Wildman–Crippen LogP) is 3.30. The van der Waals surface area contributed by atoms with Crippen molar-refractivity contribution in [2.75, 3.05) is 25.4 Å². The summed E-state index contributed by atoms with van der Waals surface area (Å²) < 4.78 is 32.0. The average Bonchev–Trinajstić information content (AvgIpc) is 3.11. The number of ether oxygens (including phenoxy) is 1. The summed E-state index contributed by atoms with van der Waals surface area (Å²) in [5.41, 5.74) is 1.95. The van der Waals surface area contributed by atoms with Crippen molar-refractivity contribution in [1.29, 1.82) is 0 Å². The molecule has 0 bridgehead atoms. The number of carbonyl (C=O) groups is 2. The quantitative estimate of drug-likeness (QED) is 0.529.